The van der Waals surface area contributed by atoms with Crippen LogP contribution in [0, 0.1) is 0 Å². The van der Waals surface area contributed by atoms with Crippen molar-refractivity contribution in [1.29, 1.82) is 0 Å². The third-order valence-electron chi connectivity index (χ3n) is 4.20. The monoisotopic (exact) mass is 301 g/mol. The summed E-state index contributed by atoms with van der Waals surface area (Å²) in [7, 11) is 0. The zero-order valence-electron chi connectivity index (χ0n) is 12.2. The zero-order valence-corrected chi connectivity index (χ0v) is 12.2. The highest BCUT2D eigenvalue weighted by Crippen LogP contribution is 2.34. The van der Waals surface area contributed by atoms with Gasteiger partial charge in [0, 0.05) is 12.5 Å². The van der Waals surface area contributed by atoms with Crippen molar-refractivity contribution < 1.29 is 18.3 Å². The third-order valence-corrected chi connectivity index (χ3v) is 4.20. The Kier molecular flexibility index (Phi) is 4.94. The van der Waals surface area contributed by atoms with Gasteiger partial charge in [0.1, 0.15) is 0 Å². The number of nitrogens with one attached hydrogen (secondary N) is 1. The molecule has 2 rings (SSSR count). The van der Waals surface area contributed by atoms with Gasteiger partial charge in [0.2, 0.25) is 0 Å². The molecule has 1 fully saturated rings. The molecule has 0 aromatic heterocycles. The largest absolute Gasteiger partial charge is 0.416 e. The zero-order chi connectivity index (χ0) is 15.5. The molecule has 1 saturated carbocycles. The predicted octanol–water partition coefficient (Wildman–Crippen LogP) is 3.53. The fourth-order valence-electron chi connectivity index (χ4n) is 3.06. The highest BCUT2D eigenvalue weighted by Gasteiger charge is 2.34. The standard InChI is InChI=1S/C16H22F3NO/c1-2-20-14-6-8-15(21,9-7-14)11-12-4-3-5-13(10-12)16(17,18)19/h3-5,10,14,20-21H,2,6-9,11H2,1H3. The molecule has 1 aliphatic carbocycles. The molecule has 21 heavy (non-hydrogen) atoms. The lowest BCUT2D eigenvalue weighted by atomic mass is 9.78. The van der Waals surface area contributed by atoms with Crippen molar-refractivity contribution in [3.8, 4) is 0 Å². The van der Waals surface area contributed by atoms with E-state index >= 15 is 0 Å². The van der Waals surface area contributed by atoms with Crippen LogP contribution in [-0.4, -0.2) is 23.3 Å². The average molecular weight is 301 g/mol. The smallest absolute Gasteiger partial charge is 0.390 e. The van der Waals surface area contributed by atoms with Crippen LogP contribution in [0.1, 0.15) is 43.7 Å². The Bertz CT molecular complexity index is 465. The molecule has 1 aromatic carbocycles. The first-order valence-electron chi connectivity index (χ1n) is 7.44. The number of hydrogen-bond acceptors (Lipinski definition) is 2. The maximum atomic E-state index is 12.7. The number of alkyl halides is 3. The lowest BCUT2D eigenvalue weighted by Crippen LogP contribution is -2.42. The molecule has 118 valence electrons. The maximum Gasteiger partial charge on any atom is 0.416 e. The van der Waals surface area contributed by atoms with E-state index in [-0.39, 0.29) is 6.42 Å². The van der Waals surface area contributed by atoms with E-state index in [1.165, 1.54) is 6.07 Å². The Morgan fingerprint density at radius 2 is 1.95 bits per heavy atom. The van der Waals surface area contributed by atoms with Crippen molar-refractivity contribution in [1.82, 2.24) is 5.32 Å². The van der Waals surface area contributed by atoms with Gasteiger partial charge in [-0.2, -0.15) is 13.2 Å². The quantitative estimate of drug-likeness (QED) is 0.891. The van der Waals surface area contributed by atoms with Crippen LogP contribution in [0.2, 0.25) is 0 Å². The summed E-state index contributed by atoms with van der Waals surface area (Å²) in [6.45, 7) is 2.94. The third kappa shape index (κ3) is 4.45. The molecule has 0 atom stereocenters. The number of halogens is 3. The van der Waals surface area contributed by atoms with Gasteiger partial charge >= 0.3 is 6.18 Å². The first kappa shape index (κ1) is 16.3. The second-order valence-electron chi connectivity index (χ2n) is 5.93. The van der Waals surface area contributed by atoms with Gasteiger partial charge in [0.15, 0.2) is 0 Å². The average Bonchev–Trinajstić information content (AvgIpc) is 2.41. The van der Waals surface area contributed by atoms with Gasteiger partial charge in [-0.05, 0) is 43.9 Å². The highest BCUT2D eigenvalue weighted by atomic mass is 19.4. The van der Waals surface area contributed by atoms with Crippen LogP contribution >= 0.6 is 0 Å². The van der Waals surface area contributed by atoms with Gasteiger partial charge < -0.3 is 10.4 Å². The Balaban J connectivity index is 2.02. The second kappa shape index (κ2) is 6.36. The summed E-state index contributed by atoms with van der Waals surface area (Å²) in [6, 6.07) is 5.69. The molecule has 0 saturated heterocycles. The van der Waals surface area contributed by atoms with E-state index in [1.54, 1.807) is 6.07 Å². The summed E-state index contributed by atoms with van der Waals surface area (Å²) in [6.07, 6.45) is -1.06. The number of hydrogen-bond donors (Lipinski definition) is 2. The van der Waals surface area contributed by atoms with Crippen molar-refractivity contribution in [2.45, 2.75) is 56.8 Å². The first-order chi connectivity index (χ1) is 9.82. The molecule has 0 spiro atoms. The number of aliphatic hydroxyl groups is 1. The van der Waals surface area contributed by atoms with Crippen LogP contribution in [0.4, 0.5) is 13.2 Å². The van der Waals surface area contributed by atoms with Crippen LogP contribution in [0.5, 0.6) is 0 Å². The summed E-state index contributed by atoms with van der Waals surface area (Å²) in [5.41, 5.74) is -0.977. The highest BCUT2D eigenvalue weighted by molar-refractivity contribution is 5.27. The molecule has 5 heteroatoms. The van der Waals surface area contributed by atoms with E-state index in [1.807, 2.05) is 6.92 Å². The molecular weight excluding hydrogens is 279 g/mol. The Morgan fingerprint density at radius 1 is 1.29 bits per heavy atom. The maximum absolute atomic E-state index is 12.7. The predicted molar refractivity (Wildman–Crippen MR) is 76.0 cm³/mol. The molecule has 1 aliphatic rings. The van der Waals surface area contributed by atoms with E-state index in [4.69, 9.17) is 0 Å². The Labute approximate surface area is 123 Å². The molecule has 0 radical (unpaired) electrons. The lowest BCUT2D eigenvalue weighted by molar-refractivity contribution is -0.137. The summed E-state index contributed by atoms with van der Waals surface area (Å²) in [5, 5.41) is 14.0. The summed E-state index contributed by atoms with van der Waals surface area (Å²) >= 11 is 0. The van der Waals surface area contributed by atoms with Crippen molar-refractivity contribution >= 4 is 0 Å². The minimum Gasteiger partial charge on any atom is -0.390 e. The van der Waals surface area contributed by atoms with Crippen LogP contribution in [-0.2, 0) is 12.6 Å². The van der Waals surface area contributed by atoms with Crippen molar-refractivity contribution in [2.75, 3.05) is 6.54 Å². The molecule has 2 nitrogen and oxygen atoms in total. The molecule has 0 heterocycles. The van der Waals surface area contributed by atoms with Crippen LogP contribution < -0.4 is 5.32 Å². The fourth-order valence-corrected chi connectivity index (χ4v) is 3.06. The molecule has 0 aliphatic heterocycles. The first-order valence-corrected chi connectivity index (χ1v) is 7.44. The number of benzene rings is 1. The van der Waals surface area contributed by atoms with E-state index in [0.29, 0.717) is 24.4 Å². The topological polar surface area (TPSA) is 32.3 Å². The van der Waals surface area contributed by atoms with E-state index in [0.717, 1.165) is 31.5 Å². The normalized spacial score (nSPS) is 26.8. The minimum absolute atomic E-state index is 0.287. The van der Waals surface area contributed by atoms with E-state index < -0.39 is 17.3 Å². The summed E-state index contributed by atoms with van der Waals surface area (Å²) < 4.78 is 38.1. The molecule has 1 aromatic rings. The van der Waals surface area contributed by atoms with Crippen LogP contribution in [0.3, 0.4) is 0 Å². The van der Waals surface area contributed by atoms with Gasteiger partial charge in [-0.3, -0.25) is 0 Å². The van der Waals surface area contributed by atoms with Gasteiger partial charge in [0.25, 0.3) is 0 Å². The second-order valence-corrected chi connectivity index (χ2v) is 5.93. The Hall–Kier alpha value is -1.07. The van der Waals surface area contributed by atoms with E-state index in [2.05, 4.69) is 5.32 Å². The molecular formula is C16H22F3NO. The van der Waals surface area contributed by atoms with Gasteiger partial charge in [0.05, 0.1) is 11.2 Å². The van der Waals surface area contributed by atoms with Crippen LogP contribution in [0.15, 0.2) is 24.3 Å². The molecule has 0 amide bonds. The van der Waals surface area contributed by atoms with Gasteiger partial charge in [-0.25, -0.2) is 0 Å². The van der Waals surface area contributed by atoms with Gasteiger partial charge in [-0.1, -0.05) is 25.1 Å². The van der Waals surface area contributed by atoms with E-state index in [9.17, 15) is 18.3 Å². The van der Waals surface area contributed by atoms with Crippen LogP contribution in [0.25, 0.3) is 0 Å². The molecule has 0 unspecified atom stereocenters. The fraction of sp³-hybridized carbons (Fsp3) is 0.625. The molecule has 0 bridgehead atoms. The molecule has 2 N–H and O–H groups in total. The van der Waals surface area contributed by atoms with Crippen molar-refractivity contribution in [3.05, 3.63) is 35.4 Å². The lowest BCUT2D eigenvalue weighted by Gasteiger charge is -2.36. The number of rotatable bonds is 4. The van der Waals surface area contributed by atoms with Crippen molar-refractivity contribution in [3.63, 3.8) is 0 Å². The Morgan fingerprint density at radius 3 is 2.52 bits per heavy atom. The minimum atomic E-state index is -4.33. The van der Waals surface area contributed by atoms with Crippen molar-refractivity contribution in [2.24, 2.45) is 0 Å². The summed E-state index contributed by atoms with van der Waals surface area (Å²) in [4.78, 5) is 0. The SMILES string of the molecule is CCNC1CCC(O)(Cc2cccc(C(F)(F)F)c2)CC1. The van der Waals surface area contributed by atoms with Gasteiger partial charge in [-0.15, -0.1) is 0 Å². The summed E-state index contributed by atoms with van der Waals surface area (Å²) in [5.74, 6) is 0.